The summed E-state index contributed by atoms with van der Waals surface area (Å²) in [5, 5.41) is 10.6. The van der Waals surface area contributed by atoms with Crippen LogP contribution >= 0.6 is 15.6 Å². The van der Waals surface area contributed by atoms with Crippen LogP contribution in [0.15, 0.2) is 0 Å². The second-order valence-corrected chi connectivity index (χ2v) is 28.4. The van der Waals surface area contributed by atoms with Gasteiger partial charge in [0.05, 0.1) is 26.4 Å². The van der Waals surface area contributed by atoms with Gasteiger partial charge in [0.1, 0.15) is 19.3 Å². The Hall–Kier alpha value is -1.94. The summed E-state index contributed by atoms with van der Waals surface area (Å²) >= 11 is 0. The van der Waals surface area contributed by atoms with Gasteiger partial charge in [-0.3, -0.25) is 37.3 Å². The van der Waals surface area contributed by atoms with Gasteiger partial charge in [-0.2, -0.15) is 0 Å². The van der Waals surface area contributed by atoms with E-state index in [2.05, 4.69) is 34.6 Å². The molecule has 89 heavy (non-hydrogen) atoms. The van der Waals surface area contributed by atoms with Crippen LogP contribution in [0.2, 0.25) is 0 Å². The van der Waals surface area contributed by atoms with Gasteiger partial charge in [-0.1, -0.05) is 311 Å². The Morgan fingerprint density at radius 1 is 0.315 bits per heavy atom. The molecule has 0 bridgehead atoms. The van der Waals surface area contributed by atoms with E-state index in [0.717, 1.165) is 102 Å². The molecule has 0 amide bonds. The molecule has 0 aromatic carbocycles. The van der Waals surface area contributed by atoms with Crippen LogP contribution in [0.4, 0.5) is 0 Å². The Morgan fingerprint density at radius 3 is 0.798 bits per heavy atom. The summed E-state index contributed by atoms with van der Waals surface area (Å²) in [5.74, 6) is -1.39. The van der Waals surface area contributed by atoms with E-state index in [1.807, 2.05) is 0 Å². The van der Waals surface area contributed by atoms with Crippen molar-refractivity contribution in [3.63, 3.8) is 0 Å². The molecule has 528 valence electrons. The number of unbranched alkanes of at least 4 members (excludes halogenated alkanes) is 41. The van der Waals surface area contributed by atoms with Crippen LogP contribution in [-0.2, 0) is 65.4 Å². The van der Waals surface area contributed by atoms with Crippen LogP contribution in [0.5, 0.6) is 0 Å². The van der Waals surface area contributed by atoms with Gasteiger partial charge in [-0.05, 0) is 31.6 Å². The first-order valence-electron chi connectivity index (χ1n) is 36.7. The van der Waals surface area contributed by atoms with Crippen molar-refractivity contribution in [2.45, 2.75) is 380 Å². The van der Waals surface area contributed by atoms with Crippen LogP contribution < -0.4 is 0 Å². The van der Waals surface area contributed by atoms with Crippen molar-refractivity contribution >= 4 is 39.5 Å². The molecule has 0 saturated carbocycles. The minimum absolute atomic E-state index is 0.107. The SMILES string of the molecule is CCCCCCCCCCCCCCCC(=O)OC[C@H](COP(=O)(O)OC[C@@H](O)COP(=O)(O)OC[C@@H](COC(=O)CCCCCCCCC(C)CC)OC(=O)CCCCCCCCCCCCCCC)OC(=O)CCCCCCCCCCCCCCC. The minimum atomic E-state index is -4.95. The molecule has 0 spiro atoms. The first kappa shape index (κ1) is 87.1. The van der Waals surface area contributed by atoms with E-state index >= 15 is 0 Å². The largest absolute Gasteiger partial charge is 0.472 e. The van der Waals surface area contributed by atoms with Crippen molar-refractivity contribution in [1.82, 2.24) is 0 Å². The summed E-state index contributed by atoms with van der Waals surface area (Å²) in [6.45, 7) is 7.22. The molecular weight excluding hydrogens is 1170 g/mol. The average Bonchev–Trinajstić information content (AvgIpc) is 3.58. The fourth-order valence-electron chi connectivity index (χ4n) is 10.6. The number of phosphoric acid groups is 2. The predicted molar refractivity (Wildman–Crippen MR) is 358 cm³/mol. The number of carbonyl (C=O) groups excluding carboxylic acids is 4. The highest BCUT2D eigenvalue weighted by molar-refractivity contribution is 7.47. The Bertz CT molecular complexity index is 1720. The molecule has 3 unspecified atom stereocenters. The zero-order valence-electron chi connectivity index (χ0n) is 57.6. The second-order valence-electron chi connectivity index (χ2n) is 25.5. The molecular formula is C70H136O17P2. The van der Waals surface area contributed by atoms with Gasteiger partial charge in [0, 0.05) is 25.7 Å². The molecule has 6 atom stereocenters. The van der Waals surface area contributed by atoms with Crippen molar-refractivity contribution in [1.29, 1.82) is 0 Å². The van der Waals surface area contributed by atoms with Gasteiger partial charge in [0.15, 0.2) is 12.2 Å². The van der Waals surface area contributed by atoms with Crippen molar-refractivity contribution in [3.05, 3.63) is 0 Å². The molecule has 0 aliphatic carbocycles. The second kappa shape index (κ2) is 63.5. The van der Waals surface area contributed by atoms with E-state index in [1.54, 1.807) is 0 Å². The first-order chi connectivity index (χ1) is 43.1. The van der Waals surface area contributed by atoms with Crippen molar-refractivity contribution in [3.8, 4) is 0 Å². The van der Waals surface area contributed by atoms with Crippen molar-refractivity contribution < 1.29 is 80.2 Å². The highest BCUT2D eigenvalue weighted by Gasteiger charge is 2.30. The fourth-order valence-corrected chi connectivity index (χ4v) is 12.2. The molecule has 0 aromatic rings. The van der Waals surface area contributed by atoms with Crippen molar-refractivity contribution in [2.75, 3.05) is 39.6 Å². The summed E-state index contributed by atoms with van der Waals surface area (Å²) in [4.78, 5) is 72.5. The number of carbonyl (C=O) groups is 4. The maximum atomic E-state index is 13.0. The standard InChI is InChI=1S/C70H136O17P2/c1-6-10-13-16-19-22-25-28-31-34-37-43-48-53-67(72)80-59-65(86-69(74)55-50-45-38-35-32-29-26-23-20-17-14-11-7-2)61-84-88(76,77)82-57-64(71)58-83-89(78,79)85-62-66(60-81-68(73)54-49-44-41-40-42-47-52-63(5)9-4)87-70(75)56-51-46-39-36-33-30-27-24-21-18-15-12-8-3/h63-66,71H,6-62H2,1-5H3,(H,76,77)(H,78,79)/t63?,64-,65-,66-/m1/s1. The van der Waals surface area contributed by atoms with Gasteiger partial charge in [-0.25, -0.2) is 9.13 Å². The van der Waals surface area contributed by atoms with E-state index in [-0.39, 0.29) is 25.7 Å². The van der Waals surface area contributed by atoms with E-state index in [0.29, 0.717) is 25.7 Å². The number of ether oxygens (including phenoxy) is 4. The summed E-state index contributed by atoms with van der Waals surface area (Å²) in [5.41, 5.74) is 0. The van der Waals surface area contributed by atoms with Crippen LogP contribution in [0, 0.1) is 5.92 Å². The third kappa shape index (κ3) is 63.2. The van der Waals surface area contributed by atoms with Crippen LogP contribution in [0.1, 0.15) is 362 Å². The lowest BCUT2D eigenvalue weighted by molar-refractivity contribution is -0.161. The number of hydrogen-bond acceptors (Lipinski definition) is 15. The zero-order valence-corrected chi connectivity index (χ0v) is 59.4. The van der Waals surface area contributed by atoms with Crippen molar-refractivity contribution in [2.24, 2.45) is 5.92 Å². The van der Waals surface area contributed by atoms with E-state index in [4.69, 9.17) is 37.0 Å². The molecule has 0 fully saturated rings. The minimum Gasteiger partial charge on any atom is -0.462 e. The van der Waals surface area contributed by atoms with Gasteiger partial charge in [0.25, 0.3) is 0 Å². The zero-order chi connectivity index (χ0) is 65.6. The molecule has 3 N–H and O–H groups in total. The lowest BCUT2D eigenvalue weighted by Crippen LogP contribution is -2.30. The maximum absolute atomic E-state index is 13.0. The number of aliphatic hydroxyl groups is 1. The Morgan fingerprint density at radius 2 is 0.539 bits per heavy atom. The average molecular weight is 1310 g/mol. The Kier molecular flexibility index (Phi) is 62.1. The van der Waals surface area contributed by atoms with Gasteiger partial charge in [-0.15, -0.1) is 0 Å². The lowest BCUT2D eigenvalue weighted by Gasteiger charge is -2.21. The summed E-state index contributed by atoms with van der Waals surface area (Å²) in [6.07, 6.45) is 49.8. The van der Waals surface area contributed by atoms with E-state index < -0.39 is 97.5 Å². The highest BCUT2D eigenvalue weighted by atomic mass is 31.2. The normalized spacial score (nSPS) is 14.4. The van der Waals surface area contributed by atoms with Gasteiger partial charge in [0.2, 0.25) is 0 Å². The molecule has 17 nitrogen and oxygen atoms in total. The molecule has 0 aliphatic rings. The van der Waals surface area contributed by atoms with Crippen LogP contribution in [-0.4, -0.2) is 96.7 Å². The first-order valence-corrected chi connectivity index (χ1v) is 39.7. The van der Waals surface area contributed by atoms with E-state index in [9.17, 15) is 43.2 Å². The number of phosphoric ester groups is 2. The monoisotopic (exact) mass is 1310 g/mol. The third-order valence-corrected chi connectivity index (χ3v) is 18.5. The molecule has 19 heteroatoms. The predicted octanol–water partition coefficient (Wildman–Crippen LogP) is 20.1. The molecule has 0 heterocycles. The van der Waals surface area contributed by atoms with Crippen LogP contribution in [0.25, 0.3) is 0 Å². The van der Waals surface area contributed by atoms with Gasteiger partial charge >= 0.3 is 39.5 Å². The number of aliphatic hydroxyl groups excluding tert-OH is 1. The Labute approximate surface area is 543 Å². The molecule has 0 radical (unpaired) electrons. The number of hydrogen-bond donors (Lipinski definition) is 3. The number of esters is 4. The summed E-state index contributed by atoms with van der Waals surface area (Å²) in [6, 6.07) is 0. The highest BCUT2D eigenvalue weighted by Crippen LogP contribution is 2.45. The molecule has 0 rings (SSSR count). The molecule has 0 aliphatic heterocycles. The Balaban J connectivity index is 5.25. The topological polar surface area (TPSA) is 237 Å². The maximum Gasteiger partial charge on any atom is 0.472 e. The molecule has 0 saturated heterocycles. The van der Waals surface area contributed by atoms with Crippen LogP contribution in [0.3, 0.4) is 0 Å². The quantitative estimate of drug-likeness (QED) is 0.0222. The van der Waals surface area contributed by atoms with E-state index in [1.165, 1.54) is 180 Å². The number of rotatable bonds is 70. The molecule has 0 aromatic heterocycles. The third-order valence-electron chi connectivity index (χ3n) is 16.6. The summed E-state index contributed by atoms with van der Waals surface area (Å²) < 4.78 is 68.3. The lowest BCUT2D eigenvalue weighted by atomic mass is 10.00. The summed E-state index contributed by atoms with van der Waals surface area (Å²) in [7, 11) is -9.90. The smallest absolute Gasteiger partial charge is 0.462 e. The van der Waals surface area contributed by atoms with Gasteiger partial charge < -0.3 is 33.8 Å². The fraction of sp³-hybridized carbons (Fsp3) is 0.943.